The molecule has 0 unspecified atom stereocenters. The predicted molar refractivity (Wildman–Crippen MR) is 110 cm³/mol. The van der Waals surface area contributed by atoms with E-state index in [1.807, 2.05) is 19.1 Å². The second-order valence-corrected chi connectivity index (χ2v) is 6.59. The molecule has 1 N–H and O–H groups in total. The standard InChI is InChI=1S/C22H22N2O6/c1-14-6-4-7-15(10-14)20(25)23-16-8-5-9-17(11-16)24-13-30-12-18(21(26)28-2)19(24)22(27)29-3/h4-11H,12-13H2,1-3H3,(H,23,25). The fourth-order valence-corrected chi connectivity index (χ4v) is 3.09. The van der Waals surface area contributed by atoms with Crippen LogP contribution in [0.3, 0.4) is 0 Å². The molecule has 0 bridgehead atoms. The Morgan fingerprint density at radius 2 is 1.73 bits per heavy atom. The molecule has 0 saturated heterocycles. The van der Waals surface area contributed by atoms with Gasteiger partial charge in [0.1, 0.15) is 12.4 Å². The Kier molecular flexibility index (Phi) is 6.48. The van der Waals surface area contributed by atoms with Crippen LogP contribution in [0.15, 0.2) is 59.8 Å². The number of methoxy groups -OCH3 is 2. The van der Waals surface area contributed by atoms with E-state index in [0.29, 0.717) is 16.9 Å². The molecule has 2 aromatic carbocycles. The number of ether oxygens (including phenoxy) is 3. The Morgan fingerprint density at radius 1 is 1.00 bits per heavy atom. The van der Waals surface area contributed by atoms with E-state index >= 15 is 0 Å². The summed E-state index contributed by atoms with van der Waals surface area (Å²) in [7, 11) is 2.46. The average molecular weight is 410 g/mol. The van der Waals surface area contributed by atoms with Crippen molar-refractivity contribution in [1.29, 1.82) is 0 Å². The molecule has 2 aromatic rings. The summed E-state index contributed by atoms with van der Waals surface area (Å²) in [6.45, 7) is 1.87. The SMILES string of the molecule is COC(=O)C1=C(C(=O)OC)N(c2cccc(NC(=O)c3cccc(C)c3)c2)COC1. The first-order valence-electron chi connectivity index (χ1n) is 9.17. The van der Waals surface area contributed by atoms with Crippen molar-refractivity contribution in [3.8, 4) is 0 Å². The van der Waals surface area contributed by atoms with Gasteiger partial charge in [0.25, 0.3) is 5.91 Å². The Hall–Kier alpha value is -3.65. The number of aryl methyl sites for hydroxylation is 1. The number of hydrogen-bond donors (Lipinski definition) is 1. The number of anilines is 2. The molecular weight excluding hydrogens is 388 g/mol. The van der Waals surface area contributed by atoms with Crippen LogP contribution in [0.4, 0.5) is 11.4 Å². The molecule has 0 aliphatic carbocycles. The van der Waals surface area contributed by atoms with Gasteiger partial charge >= 0.3 is 11.9 Å². The molecule has 0 spiro atoms. The Labute approximate surface area is 174 Å². The number of benzene rings is 2. The van der Waals surface area contributed by atoms with Gasteiger partial charge in [-0.15, -0.1) is 0 Å². The minimum absolute atomic E-state index is 0.0280. The maximum atomic E-state index is 12.6. The van der Waals surface area contributed by atoms with Crippen LogP contribution in [0.1, 0.15) is 15.9 Å². The zero-order valence-electron chi connectivity index (χ0n) is 16.9. The Balaban J connectivity index is 1.92. The molecule has 1 amide bonds. The van der Waals surface area contributed by atoms with E-state index in [0.717, 1.165) is 5.56 Å². The molecule has 30 heavy (non-hydrogen) atoms. The van der Waals surface area contributed by atoms with Crippen molar-refractivity contribution in [2.45, 2.75) is 6.92 Å². The van der Waals surface area contributed by atoms with E-state index in [9.17, 15) is 14.4 Å². The van der Waals surface area contributed by atoms with Gasteiger partial charge in [0.2, 0.25) is 0 Å². The van der Waals surface area contributed by atoms with Gasteiger partial charge in [0, 0.05) is 16.9 Å². The lowest BCUT2D eigenvalue weighted by atomic mass is 10.1. The number of nitrogens with one attached hydrogen (secondary N) is 1. The molecule has 1 aliphatic heterocycles. The third-order valence-corrected chi connectivity index (χ3v) is 4.53. The van der Waals surface area contributed by atoms with Crippen LogP contribution in [0.5, 0.6) is 0 Å². The normalized spacial score (nSPS) is 13.6. The van der Waals surface area contributed by atoms with Crippen LogP contribution in [0.25, 0.3) is 0 Å². The first-order chi connectivity index (χ1) is 14.4. The first-order valence-corrected chi connectivity index (χ1v) is 9.17. The van der Waals surface area contributed by atoms with Crippen LogP contribution < -0.4 is 10.2 Å². The highest BCUT2D eigenvalue weighted by Gasteiger charge is 2.32. The van der Waals surface area contributed by atoms with Gasteiger partial charge in [0.15, 0.2) is 0 Å². The van der Waals surface area contributed by atoms with Crippen LogP contribution in [0.2, 0.25) is 0 Å². The van der Waals surface area contributed by atoms with Crippen molar-refractivity contribution in [2.75, 3.05) is 37.8 Å². The molecule has 8 heteroatoms. The molecule has 0 radical (unpaired) electrons. The van der Waals surface area contributed by atoms with Crippen molar-refractivity contribution in [1.82, 2.24) is 0 Å². The summed E-state index contributed by atoms with van der Waals surface area (Å²) in [5, 5.41) is 2.84. The van der Waals surface area contributed by atoms with Crippen molar-refractivity contribution in [3.63, 3.8) is 0 Å². The van der Waals surface area contributed by atoms with Crippen LogP contribution in [-0.2, 0) is 23.8 Å². The largest absolute Gasteiger partial charge is 0.466 e. The first kappa shape index (κ1) is 21.1. The van der Waals surface area contributed by atoms with E-state index < -0.39 is 11.9 Å². The molecule has 3 rings (SSSR count). The third-order valence-electron chi connectivity index (χ3n) is 4.53. The van der Waals surface area contributed by atoms with E-state index in [-0.39, 0.29) is 30.5 Å². The number of esters is 2. The summed E-state index contributed by atoms with van der Waals surface area (Å²) in [6, 6.07) is 14.1. The highest BCUT2D eigenvalue weighted by atomic mass is 16.5. The lowest BCUT2D eigenvalue weighted by Gasteiger charge is -2.31. The lowest BCUT2D eigenvalue weighted by molar-refractivity contribution is -0.140. The summed E-state index contributed by atoms with van der Waals surface area (Å²) < 4.78 is 15.1. The molecule has 1 aliphatic rings. The smallest absolute Gasteiger partial charge is 0.355 e. The molecule has 0 atom stereocenters. The number of nitrogens with zero attached hydrogens (tertiary/aromatic N) is 1. The molecule has 156 valence electrons. The molecule has 0 aromatic heterocycles. The van der Waals surface area contributed by atoms with Gasteiger partial charge in [-0.25, -0.2) is 9.59 Å². The van der Waals surface area contributed by atoms with Gasteiger partial charge in [-0.05, 0) is 37.3 Å². The van der Waals surface area contributed by atoms with E-state index in [1.165, 1.54) is 19.1 Å². The summed E-state index contributed by atoms with van der Waals surface area (Å²) in [5.41, 5.74) is 2.67. The molecular formula is C22H22N2O6. The second kappa shape index (κ2) is 9.23. The average Bonchev–Trinajstić information content (AvgIpc) is 2.77. The minimum Gasteiger partial charge on any atom is -0.466 e. The van der Waals surface area contributed by atoms with Crippen molar-refractivity contribution >= 4 is 29.2 Å². The lowest BCUT2D eigenvalue weighted by Crippen LogP contribution is -2.38. The molecule has 0 saturated carbocycles. The molecule has 0 fully saturated rings. The van der Waals surface area contributed by atoms with Gasteiger partial charge < -0.3 is 24.4 Å². The zero-order chi connectivity index (χ0) is 21.7. The van der Waals surface area contributed by atoms with Crippen LogP contribution in [0, 0.1) is 6.92 Å². The van der Waals surface area contributed by atoms with E-state index in [2.05, 4.69) is 5.32 Å². The van der Waals surface area contributed by atoms with Crippen LogP contribution in [-0.4, -0.2) is 45.4 Å². The van der Waals surface area contributed by atoms with E-state index in [1.54, 1.807) is 36.4 Å². The van der Waals surface area contributed by atoms with Gasteiger partial charge in [0.05, 0.1) is 26.4 Å². The van der Waals surface area contributed by atoms with Crippen molar-refractivity contribution < 1.29 is 28.6 Å². The molecule has 8 nitrogen and oxygen atoms in total. The highest BCUT2D eigenvalue weighted by Crippen LogP contribution is 2.28. The summed E-state index contributed by atoms with van der Waals surface area (Å²) >= 11 is 0. The number of hydrogen-bond acceptors (Lipinski definition) is 7. The summed E-state index contributed by atoms with van der Waals surface area (Å²) in [6.07, 6.45) is 0. The molecule has 1 heterocycles. The van der Waals surface area contributed by atoms with Crippen LogP contribution >= 0.6 is 0 Å². The fraction of sp³-hybridized carbons (Fsp3) is 0.227. The summed E-state index contributed by atoms with van der Waals surface area (Å²) in [5.74, 6) is -1.62. The maximum Gasteiger partial charge on any atom is 0.355 e. The topological polar surface area (TPSA) is 94.2 Å². The number of amides is 1. The Morgan fingerprint density at radius 3 is 2.43 bits per heavy atom. The van der Waals surface area contributed by atoms with Gasteiger partial charge in [-0.2, -0.15) is 0 Å². The van der Waals surface area contributed by atoms with Crippen molar-refractivity contribution in [2.24, 2.45) is 0 Å². The fourth-order valence-electron chi connectivity index (χ4n) is 3.09. The monoisotopic (exact) mass is 410 g/mol. The van der Waals surface area contributed by atoms with Gasteiger partial charge in [-0.3, -0.25) is 4.79 Å². The number of rotatable bonds is 5. The van der Waals surface area contributed by atoms with Crippen molar-refractivity contribution in [3.05, 3.63) is 70.9 Å². The highest BCUT2D eigenvalue weighted by molar-refractivity contribution is 6.05. The number of carbonyl (C=O) groups is 3. The predicted octanol–water partition coefficient (Wildman–Crippen LogP) is 2.64. The second-order valence-electron chi connectivity index (χ2n) is 6.59. The maximum absolute atomic E-state index is 12.6. The quantitative estimate of drug-likeness (QED) is 0.758. The zero-order valence-corrected chi connectivity index (χ0v) is 16.9. The summed E-state index contributed by atoms with van der Waals surface area (Å²) in [4.78, 5) is 38.6. The minimum atomic E-state index is -0.687. The Bertz CT molecular complexity index is 1010. The number of carbonyl (C=O) groups excluding carboxylic acids is 3. The van der Waals surface area contributed by atoms with E-state index in [4.69, 9.17) is 14.2 Å². The van der Waals surface area contributed by atoms with Gasteiger partial charge in [-0.1, -0.05) is 23.8 Å². The third kappa shape index (κ3) is 4.49.